The highest BCUT2D eigenvalue weighted by Crippen LogP contribution is 2.32. The van der Waals surface area contributed by atoms with E-state index in [1.165, 1.54) is 24.7 Å². The van der Waals surface area contributed by atoms with E-state index in [2.05, 4.69) is 27.1 Å². The molecular formula is C17H19FN4O2. The zero-order chi connectivity index (χ0) is 16.7. The van der Waals surface area contributed by atoms with Crippen molar-refractivity contribution >= 4 is 5.91 Å². The Kier molecular flexibility index (Phi) is 3.80. The standard InChI is InChI=1S/C17H19FN4O2/c1-10-15(11-3-6-22(10)7-4-11)21-16(23)17-20-9-14(24-17)12-8-19-5-2-13(12)18/h2,5,8-11,15H,3-4,6-7H2,1H3,(H,21,23)/t10-,15-/m0/s1. The molecular weight excluding hydrogens is 311 g/mol. The molecule has 3 saturated heterocycles. The fourth-order valence-corrected chi connectivity index (χ4v) is 3.82. The second-order valence-electron chi connectivity index (χ2n) is 6.50. The lowest BCUT2D eigenvalue weighted by molar-refractivity contribution is 0.0210. The van der Waals surface area contributed by atoms with Crippen molar-refractivity contribution in [2.75, 3.05) is 13.1 Å². The number of amides is 1. The summed E-state index contributed by atoms with van der Waals surface area (Å²) in [7, 11) is 0. The fourth-order valence-electron chi connectivity index (χ4n) is 3.82. The average molecular weight is 330 g/mol. The second-order valence-corrected chi connectivity index (χ2v) is 6.50. The van der Waals surface area contributed by atoms with Crippen molar-refractivity contribution in [2.45, 2.75) is 31.8 Å². The van der Waals surface area contributed by atoms with E-state index in [0.717, 1.165) is 25.9 Å². The summed E-state index contributed by atoms with van der Waals surface area (Å²) in [4.78, 5) is 22.7. The summed E-state index contributed by atoms with van der Waals surface area (Å²) in [5.41, 5.74) is 0.195. The third-order valence-electron chi connectivity index (χ3n) is 5.21. The van der Waals surface area contributed by atoms with E-state index in [1.54, 1.807) is 0 Å². The zero-order valence-corrected chi connectivity index (χ0v) is 13.4. The predicted octanol–water partition coefficient (Wildman–Crippen LogP) is 2.09. The van der Waals surface area contributed by atoms with Crippen LogP contribution < -0.4 is 5.32 Å². The number of rotatable bonds is 3. The van der Waals surface area contributed by atoms with Gasteiger partial charge in [0.2, 0.25) is 0 Å². The molecule has 5 heterocycles. The highest BCUT2D eigenvalue weighted by Gasteiger charge is 2.40. The number of oxazole rings is 1. The number of nitrogens with zero attached hydrogens (tertiary/aromatic N) is 3. The summed E-state index contributed by atoms with van der Waals surface area (Å²) in [6.45, 7) is 4.34. The Bertz CT molecular complexity index is 753. The monoisotopic (exact) mass is 330 g/mol. The zero-order valence-electron chi connectivity index (χ0n) is 13.4. The van der Waals surface area contributed by atoms with Gasteiger partial charge in [0.15, 0.2) is 5.76 Å². The number of aromatic nitrogens is 2. The maximum atomic E-state index is 13.8. The number of fused-ring (bicyclic) bond motifs is 3. The SMILES string of the molecule is C[C@H]1[C@H](NC(=O)c2ncc(-c3cnccc3F)o2)C2CCN1CC2. The van der Waals surface area contributed by atoms with Crippen molar-refractivity contribution in [1.82, 2.24) is 20.2 Å². The van der Waals surface area contributed by atoms with Crippen molar-refractivity contribution in [3.05, 3.63) is 36.4 Å². The molecule has 3 aliphatic heterocycles. The van der Waals surface area contributed by atoms with Crippen molar-refractivity contribution in [3.63, 3.8) is 0 Å². The normalized spacial score (nSPS) is 28.8. The second kappa shape index (κ2) is 5.98. The molecule has 2 bridgehead atoms. The first-order valence-electron chi connectivity index (χ1n) is 8.24. The van der Waals surface area contributed by atoms with E-state index in [0.29, 0.717) is 12.0 Å². The van der Waals surface area contributed by atoms with Gasteiger partial charge in [-0.3, -0.25) is 14.7 Å². The number of pyridine rings is 1. The van der Waals surface area contributed by atoms with Crippen LogP contribution in [-0.2, 0) is 0 Å². The van der Waals surface area contributed by atoms with E-state index in [4.69, 9.17) is 4.42 Å². The maximum absolute atomic E-state index is 13.8. The molecule has 2 aromatic heterocycles. The van der Waals surface area contributed by atoms with Crippen LogP contribution in [0.3, 0.4) is 0 Å². The molecule has 7 heteroatoms. The summed E-state index contributed by atoms with van der Waals surface area (Å²) >= 11 is 0. The lowest BCUT2D eigenvalue weighted by Crippen LogP contribution is -2.62. The number of carbonyl (C=O) groups is 1. The number of hydrogen-bond acceptors (Lipinski definition) is 5. The molecule has 0 radical (unpaired) electrons. The van der Waals surface area contributed by atoms with Crippen molar-refractivity contribution in [3.8, 4) is 11.3 Å². The van der Waals surface area contributed by atoms with Crippen molar-refractivity contribution < 1.29 is 13.6 Å². The molecule has 2 aromatic rings. The van der Waals surface area contributed by atoms with Crippen LogP contribution in [0.2, 0.25) is 0 Å². The maximum Gasteiger partial charge on any atom is 0.307 e. The minimum absolute atomic E-state index is 0.0445. The molecule has 1 amide bonds. The molecule has 6 nitrogen and oxygen atoms in total. The molecule has 1 N–H and O–H groups in total. The summed E-state index contributed by atoms with van der Waals surface area (Å²) in [5.74, 6) is -0.154. The van der Waals surface area contributed by atoms with Crippen LogP contribution in [0.25, 0.3) is 11.3 Å². The van der Waals surface area contributed by atoms with E-state index < -0.39 is 5.82 Å². The number of halogens is 1. The smallest absolute Gasteiger partial charge is 0.307 e. The van der Waals surface area contributed by atoms with Crippen LogP contribution in [0.4, 0.5) is 4.39 Å². The van der Waals surface area contributed by atoms with Crippen LogP contribution in [0.1, 0.15) is 30.5 Å². The molecule has 3 fully saturated rings. The topological polar surface area (TPSA) is 71.3 Å². The van der Waals surface area contributed by atoms with E-state index in [-0.39, 0.29) is 29.2 Å². The largest absolute Gasteiger partial charge is 0.432 e. The Hall–Kier alpha value is -2.28. The predicted molar refractivity (Wildman–Crippen MR) is 84.7 cm³/mol. The van der Waals surface area contributed by atoms with E-state index in [1.807, 2.05) is 0 Å². The van der Waals surface area contributed by atoms with Crippen LogP contribution in [0.5, 0.6) is 0 Å². The minimum Gasteiger partial charge on any atom is -0.432 e. The fraction of sp³-hybridized carbons (Fsp3) is 0.471. The van der Waals surface area contributed by atoms with Crippen LogP contribution in [0.15, 0.2) is 29.1 Å². The molecule has 0 unspecified atom stereocenters. The van der Waals surface area contributed by atoms with Gasteiger partial charge in [0.05, 0.1) is 11.8 Å². The number of hydrogen-bond donors (Lipinski definition) is 1. The Morgan fingerprint density at radius 2 is 2.17 bits per heavy atom. The van der Waals surface area contributed by atoms with Crippen molar-refractivity contribution in [2.24, 2.45) is 5.92 Å². The molecule has 0 aliphatic carbocycles. The third-order valence-corrected chi connectivity index (χ3v) is 5.21. The van der Waals surface area contributed by atoms with Crippen LogP contribution in [-0.4, -0.2) is 45.9 Å². The molecule has 126 valence electrons. The molecule has 5 rings (SSSR count). The Morgan fingerprint density at radius 1 is 1.38 bits per heavy atom. The first-order valence-corrected chi connectivity index (χ1v) is 8.24. The van der Waals surface area contributed by atoms with Gasteiger partial charge in [0.25, 0.3) is 5.89 Å². The molecule has 24 heavy (non-hydrogen) atoms. The van der Waals surface area contributed by atoms with Gasteiger partial charge >= 0.3 is 5.91 Å². The number of nitrogens with one attached hydrogen (secondary N) is 1. The molecule has 3 aliphatic rings. The molecule has 0 saturated carbocycles. The summed E-state index contributed by atoms with van der Waals surface area (Å²) in [6, 6.07) is 1.66. The summed E-state index contributed by atoms with van der Waals surface area (Å²) in [6.07, 6.45) is 6.28. The van der Waals surface area contributed by atoms with Gasteiger partial charge in [-0.1, -0.05) is 0 Å². The summed E-state index contributed by atoms with van der Waals surface area (Å²) < 4.78 is 19.2. The van der Waals surface area contributed by atoms with Gasteiger partial charge in [0, 0.05) is 24.5 Å². The Labute approximate surface area is 139 Å². The van der Waals surface area contributed by atoms with Gasteiger partial charge in [-0.15, -0.1) is 0 Å². The van der Waals surface area contributed by atoms with Gasteiger partial charge in [0.1, 0.15) is 5.82 Å². The van der Waals surface area contributed by atoms with Crippen LogP contribution >= 0.6 is 0 Å². The van der Waals surface area contributed by atoms with Gasteiger partial charge in [-0.2, -0.15) is 0 Å². The first-order chi connectivity index (χ1) is 11.6. The Balaban J connectivity index is 1.51. The molecule has 2 atom stereocenters. The number of carbonyl (C=O) groups excluding carboxylic acids is 1. The van der Waals surface area contributed by atoms with E-state index in [9.17, 15) is 9.18 Å². The highest BCUT2D eigenvalue weighted by atomic mass is 19.1. The van der Waals surface area contributed by atoms with Crippen molar-refractivity contribution in [1.29, 1.82) is 0 Å². The first kappa shape index (κ1) is 15.3. The van der Waals surface area contributed by atoms with Gasteiger partial charge in [-0.25, -0.2) is 9.37 Å². The molecule has 0 aromatic carbocycles. The van der Waals surface area contributed by atoms with Gasteiger partial charge in [-0.05, 0) is 44.8 Å². The minimum atomic E-state index is -0.459. The lowest BCUT2D eigenvalue weighted by atomic mass is 9.79. The third kappa shape index (κ3) is 2.58. The molecule has 0 spiro atoms. The number of piperidine rings is 3. The van der Waals surface area contributed by atoms with Gasteiger partial charge < -0.3 is 9.73 Å². The van der Waals surface area contributed by atoms with Crippen LogP contribution in [0, 0.1) is 11.7 Å². The summed E-state index contributed by atoms with van der Waals surface area (Å²) in [5, 5.41) is 3.05. The highest BCUT2D eigenvalue weighted by molar-refractivity contribution is 5.90. The average Bonchev–Trinajstić information content (AvgIpc) is 3.09. The Morgan fingerprint density at radius 3 is 2.88 bits per heavy atom. The quantitative estimate of drug-likeness (QED) is 0.933. The lowest BCUT2D eigenvalue weighted by Gasteiger charge is -2.49. The van der Waals surface area contributed by atoms with E-state index >= 15 is 0 Å².